The Kier molecular flexibility index (Phi) is 2.72. The Morgan fingerprint density at radius 2 is 2.05 bits per heavy atom. The molecule has 1 aromatic carbocycles. The van der Waals surface area contributed by atoms with Crippen LogP contribution in [0, 0.1) is 0 Å². The first-order valence-corrected chi connectivity index (χ1v) is 5.91. The average Bonchev–Trinajstić information content (AvgIpc) is 2.85. The Balaban J connectivity index is 1.89. The highest BCUT2D eigenvalue weighted by atomic mass is 16.1. The number of rotatable bonds is 3. The van der Waals surface area contributed by atoms with Crippen LogP contribution in [0.1, 0.15) is 16.1 Å². The smallest absolute Gasteiger partial charge is 0.174 e. The van der Waals surface area contributed by atoms with Gasteiger partial charge in [0, 0.05) is 11.1 Å². The highest BCUT2D eigenvalue weighted by Gasteiger charge is 2.13. The molecule has 2 heterocycles. The average molecular weight is 252 g/mol. The third kappa shape index (κ3) is 2.18. The van der Waals surface area contributed by atoms with Gasteiger partial charge in [-0.15, -0.1) is 0 Å². The van der Waals surface area contributed by atoms with Crippen LogP contribution in [-0.4, -0.2) is 21.0 Å². The lowest BCUT2D eigenvalue weighted by Gasteiger charge is -2.02. The summed E-state index contributed by atoms with van der Waals surface area (Å²) in [5, 5.41) is 7.35. The number of benzene rings is 1. The fraction of sp³-hybridized carbons (Fsp3) is 0.0714. The van der Waals surface area contributed by atoms with E-state index < -0.39 is 0 Å². The molecule has 0 aliphatic carbocycles. The molecule has 19 heavy (non-hydrogen) atoms. The fourth-order valence-corrected chi connectivity index (χ4v) is 1.98. The number of Topliss-reactive ketones (excluding diaryl/α,β-unsaturated/α-hetero) is 1. The molecule has 3 aromatic rings. The lowest BCUT2D eigenvalue weighted by Crippen LogP contribution is -2.06. The number of nitrogen functional groups attached to an aromatic ring is 1. The highest BCUT2D eigenvalue weighted by molar-refractivity contribution is 6.01. The molecule has 0 radical (unpaired) electrons. The molecule has 0 bridgehead atoms. The van der Waals surface area contributed by atoms with Crippen molar-refractivity contribution in [3.63, 3.8) is 0 Å². The minimum Gasteiger partial charge on any atom is -0.383 e. The number of anilines is 1. The van der Waals surface area contributed by atoms with Crippen LogP contribution in [-0.2, 0) is 6.42 Å². The maximum atomic E-state index is 12.1. The topological polar surface area (TPSA) is 84.7 Å². The molecule has 5 nitrogen and oxygen atoms in total. The van der Waals surface area contributed by atoms with Crippen molar-refractivity contribution >= 4 is 22.5 Å². The highest BCUT2D eigenvalue weighted by Crippen LogP contribution is 2.14. The zero-order valence-corrected chi connectivity index (χ0v) is 10.1. The summed E-state index contributed by atoms with van der Waals surface area (Å²) in [7, 11) is 0. The first-order chi connectivity index (χ1) is 9.24. The van der Waals surface area contributed by atoms with Crippen LogP contribution in [0.3, 0.4) is 0 Å². The summed E-state index contributed by atoms with van der Waals surface area (Å²) in [4.78, 5) is 16.5. The van der Waals surface area contributed by atoms with Crippen LogP contribution >= 0.6 is 0 Å². The molecule has 0 spiro atoms. The van der Waals surface area contributed by atoms with Gasteiger partial charge in [0.15, 0.2) is 5.78 Å². The van der Waals surface area contributed by atoms with Crippen molar-refractivity contribution in [2.45, 2.75) is 6.42 Å². The zero-order valence-electron chi connectivity index (χ0n) is 10.1. The number of pyridine rings is 1. The van der Waals surface area contributed by atoms with Crippen molar-refractivity contribution in [3.05, 3.63) is 53.9 Å². The van der Waals surface area contributed by atoms with Crippen LogP contribution in [0.5, 0.6) is 0 Å². The SMILES string of the molecule is Nc1[nH]ncc1C(=O)Cc1ccc2ccccc2n1. The summed E-state index contributed by atoms with van der Waals surface area (Å²) in [6, 6.07) is 11.6. The molecule has 0 atom stereocenters. The molecule has 0 saturated heterocycles. The van der Waals surface area contributed by atoms with E-state index in [1.54, 1.807) is 0 Å². The second-order valence-corrected chi connectivity index (χ2v) is 4.29. The van der Waals surface area contributed by atoms with E-state index in [1.165, 1.54) is 6.20 Å². The summed E-state index contributed by atoms with van der Waals surface area (Å²) in [6.07, 6.45) is 1.66. The summed E-state index contributed by atoms with van der Waals surface area (Å²) in [5.41, 5.74) is 7.65. The van der Waals surface area contributed by atoms with E-state index in [4.69, 9.17) is 5.73 Å². The van der Waals surface area contributed by atoms with Crippen LogP contribution in [0.4, 0.5) is 5.82 Å². The van der Waals surface area contributed by atoms with Crippen molar-refractivity contribution in [2.24, 2.45) is 0 Å². The minimum absolute atomic E-state index is 0.0889. The summed E-state index contributed by atoms with van der Waals surface area (Å²) in [6.45, 7) is 0. The van der Waals surface area contributed by atoms with Gasteiger partial charge in [-0.2, -0.15) is 5.10 Å². The van der Waals surface area contributed by atoms with Gasteiger partial charge in [0.25, 0.3) is 0 Å². The zero-order chi connectivity index (χ0) is 13.2. The molecule has 5 heteroatoms. The standard InChI is InChI=1S/C14H12N4O/c15-14-11(8-16-18-14)13(19)7-10-6-5-9-3-1-2-4-12(9)17-10/h1-6,8H,7H2,(H3,15,16,18). The summed E-state index contributed by atoms with van der Waals surface area (Å²) >= 11 is 0. The van der Waals surface area contributed by atoms with Crippen molar-refractivity contribution < 1.29 is 4.79 Å². The van der Waals surface area contributed by atoms with E-state index in [-0.39, 0.29) is 12.2 Å². The fourth-order valence-electron chi connectivity index (χ4n) is 1.98. The Hall–Kier alpha value is -2.69. The van der Waals surface area contributed by atoms with Crippen molar-refractivity contribution in [3.8, 4) is 0 Å². The number of ketones is 1. The molecule has 0 aliphatic rings. The third-order valence-electron chi connectivity index (χ3n) is 2.97. The molecule has 3 N–H and O–H groups in total. The number of para-hydroxylation sites is 1. The first-order valence-electron chi connectivity index (χ1n) is 5.91. The largest absolute Gasteiger partial charge is 0.383 e. The number of nitrogens with one attached hydrogen (secondary N) is 1. The molecule has 0 fully saturated rings. The predicted molar refractivity (Wildman–Crippen MR) is 72.8 cm³/mol. The Morgan fingerprint density at radius 3 is 2.84 bits per heavy atom. The number of aromatic nitrogens is 3. The van der Waals surface area contributed by atoms with Gasteiger partial charge in [-0.1, -0.05) is 24.3 Å². The Bertz CT molecular complexity index is 748. The second kappa shape index (κ2) is 4.53. The quantitative estimate of drug-likeness (QED) is 0.698. The second-order valence-electron chi connectivity index (χ2n) is 4.29. The predicted octanol–water partition coefficient (Wildman–Crippen LogP) is 1.97. The number of fused-ring (bicyclic) bond motifs is 1. The first kappa shape index (κ1) is 11.4. The van der Waals surface area contributed by atoms with Gasteiger partial charge in [-0.3, -0.25) is 14.9 Å². The van der Waals surface area contributed by atoms with Crippen LogP contribution in [0.15, 0.2) is 42.6 Å². The third-order valence-corrected chi connectivity index (χ3v) is 2.97. The minimum atomic E-state index is -0.0889. The van der Waals surface area contributed by atoms with Crippen LogP contribution < -0.4 is 5.73 Å². The van der Waals surface area contributed by atoms with E-state index >= 15 is 0 Å². The van der Waals surface area contributed by atoms with Crippen molar-refractivity contribution in [2.75, 3.05) is 5.73 Å². The number of hydrogen-bond acceptors (Lipinski definition) is 4. The number of nitrogens with two attached hydrogens (primary N) is 1. The molecule has 0 aliphatic heterocycles. The molecular weight excluding hydrogens is 240 g/mol. The number of carbonyl (C=O) groups excluding carboxylic acids is 1. The van der Waals surface area contributed by atoms with E-state index in [2.05, 4.69) is 15.2 Å². The van der Waals surface area contributed by atoms with E-state index in [1.807, 2.05) is 36.4 Å². The maximum Gasteiger partial charge on any atom is 0.174 e. The lowest BCUT2D eigenvalue weighted by atomic mass is 10.1. The van der Waals surface area contributed by atoms with Crippen LogP contribution in [0.25, 0.3) is 10.9 Å². The number of hydrogen-bond donors (Lipinski definition) is 2. The number of H-pyrrole nitrogens is 1. The van der Waals surface area contributed by atoms with Gasteiger partial charge in [-0.25, -0.2) is 0 Å². The molecule has 0 unspecified atom stereocenters. The van der Waals surface area contributed by atoms with E-state index in [9.17, 15) is 4.79 Å². The Morgan fingerprint density at radius 1 is 1.21 bits per heavy atom. The van der Waals surface area contributed by atoms with E-state index in [0.29, 0.717) is 11.4 Å². The Labute approximate surface area is 109 Å². The monoisotopic (exact) mass is 252 g/mol. The van der Waals surface area contributed by atoms with Crippen molar-refractivity contribution in [1.29, 1.82) is 0 Å². The number of aromatic amines is 1. The van der Waals surface area contributed by atoms with Crippen LogP contribution in [0.2, 0.25) is 0 Å². The number of carbonyl (C=O) groups is 1. The molecule has 94 valence electrons. The summed E-state index contributed by atoms with van der Waals surface area (Å²) in [5.74, 6) is 0.208. The molecule has 0 saturated carbocycles. The maximum absolute atomic E-state index is 12.1. The molecular formula is C14H12N4O. The van der Waals surface area contributed by atoms with Gasteiger partial charge < -0.3 is 5.73 Å². The number of nitrogens with zero attached hydrogens (tertiary/aromatic N) is 2. The van der Waals surface area contributed by atoms with Gasteiger partial charge in [0.2, 0.25) is 0 Å². The molecule has 3 rings (SSSR count). The molecule has 0 amide bonds. The molecule has 2 aromatic heterocycles. The van der Waals surface area contributed by atoms with Gasteiger partial charge in [0.05, 0.1) is 23.7 Å². The van der Waals surface area contributed by atoms with Gasteiger partial charge >= 0.3 is 0 Å². The summed E-state index contributed by atoms with van der Waals surface area (Å²) < 4.78 is 0. The lowest BCUT2D eigenvalue weighted by molar-refractivity contribution is 0.0993. The van der Waals surface area contributed by atoms with Gasteiger partial charge in [0.1, 0.15) is 5.82 Å². The van der Waals surface area contributed by atoms with E-state index in [0.717, 1.165) is 16.6 Å². The van der Waals surface area contributed by atoms with Crippen molar-refractivity contribution in [1.82, 2.24) is 15.2 Å². The normalized spacial score (nSPS) is 10.7. The van der Waals surface area contributed by atoms with Gasteiger partial charge in [-0.05, 0) is 12.1 Å².